The van der Waals surface area contributed by atoms with E-state index in [2.05, 4.69) is 0 Å². The lowest BCUT2D eigenvalue weighted by Crippen LogP contribution is -2.32. The summed E-state index contributed by atoms with van der Waals surface area (Å²) in [6, 6.07) is 0. The first-order chi connectivity index (χ1) is 10.8. The van der Waals surface area contributed by atoms with Crippen LogP contribution in [0.3, 0.4) is 0 Å². The van der Waals surface area contributed by atoms with Crippen molar-refractivity contribution in [3.05, 3.63) is 35.8 Å². The smallest absolute Gasteiger partial charge is 0.207 e. The monoisotopic (exact) mass is 316 g/mol. The summed E-state index contributed by atoms with van der Waals surface area (Å²) in [6.45, 7) is 11.4. The molecule has 0 unspecified atom stereocenters. The Bertz CT molecular complexity index is 654. The van der Waals surface area contributed by atoms with Crippen molar-refractivity contribution in [2.24, 2.45) is 0 Å². The van der Waals surface area contributed by atoms with Crippen LogP contribution in [0.2, 0.25) is 0 Å². The SMILES string of the molecule is [CH]/C(C)=C/CC[C@]1(C)C=Cc2c(C)c(O)c(OC)c(OC)c2O1. The van der Waals surface area contributed by atoms with Crippen LogP contribution in [0.4, 0.5) is 0 Å². The third kappa shape index (κ3) is 3.31. The Morgan fingerprint density at radius 2 is 2.00 bits per heavy atom. The van der Waals surface area contributed by atoms with Crippen LogP contribution in [-0.4, -0.2) is 24.9 Å². The van der Waals surface area contributed by atoms with Gasteiger partial charge in [-0.3, -0.25) is 0 Å². The summed E-state index contributed by atoms with van der Waals surface area (Å²) in [4.78, 5) is 0. The summed E-state index contributed by atoms with van der Waals surface area (Å²) in [5, 5.41) is 10.3. The van der Waals surface area contributed by atoms with E-state index in [-0.39, 0.29) is 5.75 Å². The maximum Gasteiger partial charge on any atom is 0.207 e. The standard InChI is InChI=1S/C19H24O4/c1-12(2)8-7-10-19(4)11-9-14-13(3)15(20)17(21-5)18(22-6)16(14)23-19/h1,8-9,11,20H,7,10H2,2-6H3/b12-8-/t19-/m1/s1. The number of ether oxygens (including phenoxy) is 3. The van der Waals surface area contributed by atoms with Gasteiger partial charge in [-0.1, -0.05) is 17.7 Å². The van der Waals surface area contributed by atoms with Gasteiger partial charge in [-0.25, -0.2) is 0 Å². The van der Waals surface area contributed by atoms with Gasteiger partial charge in [0.2, 0.25) is 11.5 Å². The fraction of sp³-hybridized carbons (Fsp3) is 0.421. The number of hydrogen-bond donors (Lipinski definition) is 1. The number of phenols is 1. The van der Waals surface area contributed by atoms with Gasteiger partial charge in [0.05, 0.1) is 14.2 Å². The molecule has 1 aromatic rings. The van der Waals surface area contributed by atoms with Crippen LogP contribution in [0.15, 0.2) is 17.7 Å². The highest BCUT2D eigenvalue weighted by molar-refractivity contribution is 5.76. The van der Waals surface area contributed by atoms with E-state index in [0.717, 1.165) is 24.0 Å². The van der Waals surface area contributed by atoms with Crippen LogP contribution in [0.5, 0.6) is 23.0 Å². The number of benzene rings is 1. The van der Waals surface area contributed by atoms with Crippen LogP contribution in [-0.2, 0) is 0 Å². The molecule has 0 amide bonds. The molecule has 0 aromatic heterocycles. The zero-order valence-electron chi connectivity index (χ0n) is 14.4. The first-order valence-corrected chi connectivity index (χ1v) is 7.61. The van der Waals surface area contributed by atoms with Gasteiger partial charge in [-0.15, -0.1) is 0 Å². The van der Waals surface area contributed by atoms with Gasteiger partial charge in [0.1, 0.15) is 5.60 Å². The number of rotatable bonds is 5. The molecule has 1 aromatic carbocycles. The first kappa shape index (κ1) is 17.3. The molecule has 1 aliphatic rings. The zero-order chi connectivity index (χ0) is 17.2. The second-order valence-corrected chi connectivity index (χ2v) is 6.02. The quantitative estimate of drug-likeness (QED) is 0.879. The molecule has 4 heteroatoms. The average molecular weight is 316 g/mol. The van der Waals surface area contributed by atoms with E-state index in [1.165, 1.54) is 14.2 Å². The molecule has 23 heavy (non-hydrogen) atoms. The summed E-state index contributed by atoms with van der Waals surface area (Å²) in [5.74, 6) is 1.37. The minimum absolute atomic E-state index is 0.0710. The second kappa shape index (κ2) is 6.57. The zero-order valence-corrected chi connectivity index (χ0v) is 14.4. The Labute approximate surface area is 138 Å². The maximum atomic E-state index is 10.3. The van der Waals surface area contributed by atoms with E-state index >= 15 is 0 Å². The van der Waals surface area contributed by atoms with E-state index in [4.69, 9.17) is 21.1 Å². The maximum absolute atomic E-state index is 10.3. The number of methoxy groups -OCH3 is 2. The van der Waals surface area contributed by atoms with Gasteiger partial charge >= 0.3 is 0 Å². The molecule has 124 valence electrons. The minimum Gasteiger partial charge on any atom is -0.504 e. The molecule has 0 aliphatic carbocycles. The van der Waals surface area contributed by atoms with Crippen molar-refractivity contribution in [3.8, 4) is 23.0 Å². The highest BCUT2D eigenvalue weighted by Gasteiger charge is 2.33. The van der Waals surface area contributed by atoms with Crippen LogP contribution in [0.25, 0.3) is 6.08 Å². The van der Waals surface area contributed by atoms with Gasteiger partial charge < -0.3 is 19.3 Å². The molecule has 2 radical (unpaired) electrons. The average Bonchev–Trinajstić information content (AvgIpc) is 2.49. The van der Waals surface area contributed by atoms with Crippen molar-refractivity contribution in [1.82, 2.24) is 0 Å². The summed E-state index contributed by atoms with van der Waals surface area (Å²) < 4.78 is 16.9. The normalized spacial score (nSPS) is 20.0. The molecule has 1 aliphatic heterocycles. The fourth-order valence-corrected chi connectivity index (χ4v) is 2.73. The Morgan fingerprint density at radius 3 is 2.57 bits per heavy atom. The lowest BCUT2D eigenvalue weighted by molar-refractivity contribution is 0.122. The van der Waals surface area contributed by atoms with Crippen LogP contribution < -0.4 is 14.2 Å². The molecular weight excluding hydrogens is 292 g/mol. The molecule has 1 heterocycles. The van der Waals surface area contributed by atoms with Gasteiger partial charge in [-0.2, -0.15) is 0 Å². The highest BCUT2D eigenvalue weighted by Crippen LogP contribution is 2.52. The number of hydrogen-bond acceptors (Lipinski definition) is 4. The third-order valence-corrected chi connectivity index (χ3v) is 4.08. The number of phenolic OH excluding ortho intramolecular Hbond substituents is 1. The Hall–Kier alpha value is -2.10. The van der Waals surface area contributed by atoms with Crippen LogP contribution in [0.1, 0.15) is 37.8 Å². The molecule has 4 nitrogen and oxygen atoms in total. The van der Waals surface area contributed by atoms with Crippen molar-refractivity contribution in [2.75, 3.05) is 14.2 Å². The highest BCUT2D eigenvalue weighted by atomic mass is 16.5. The Morgan fingerprint density at radius 1 is 1.35 bits per heavy atom. The molecule has 0 spiro atoms. The van der Waals surface area contributed by atoms with Crippen LogP contribution in [0, 0.1) is 13.8 Å². The minimum atomic E-state index is -0.472. The molecule has 1 N–H and O–H groups in total. The van der Waals surface area contributed by atoms with Crippen molar-refractivity contribution in [3.63, 3.8) is 0 Å². The van der Waals surface area contributed by atoms with Crippen molar-refractivity contribution >= 4 is 6.08 Å². The van der Waals surface area contributed by atoms with E-state index in [9.17, 15) is 5.11 Å². The molecule has 0 fully saturated rings. The van der Waals surface area contributed by atoms with Crippen molar-refractivity contribution < 1.29 is 19.3 Å². The van der Waals surface area contributed by atoms with E-state index in [1.807, 2.05) is 39.0 Å². The van der Waals surface area contributed by atoms with Gasteiger partial charge in [0, 0.05) is 11.1 Å². The molecule has 0 saturated carbocycles. The summed E-state index contributed by atoms with van der Waals surface area (Å²) in [6.07, 6.45) is 7.55. The van der Waals surface area contributed by atoms with E-state index in [0.29, 0.717) is 22.8 Å². The molecule has 0 saturated heterocycles. The largest absolute Gasteiger partial charge is 0.504 e. The van der Waals surface area contributed by atoms with Crippen LogP contribution >= 0.6 is 0 Å². The fourth-order valence-electron chi connectivity index (χ4n) is 2.73. The summed E-state index contributed by atoms with van der Waals surface area (Å²) in [5.41, 5.74) is 1.84. The number of aromatic hydroxyl groups is 1. The van der Waals surface area contributed by atoms with Gasteiger partial charge in [0.15, 0.2) is 11.5 Å². The Balaban J connectivity index is 2.44. The number of allylic oxidation sites excluding steroid dienone is 2. The lowest BCUT2D eigenvalue weighted by atomic mass is 9.92. The topological polar surface area (TPSA) is 47.9 Å². The van der Waals surface area contributed by atoms with Gasteiger partial charge in [0.25, 0.3) is 0 Å². The van der Waals surface area contributed by atoms with Crippen molar-refractivity contribution in [1.29, 1.82) is 0 Å². The number of fused-ring (bicyclic) bond motifs is 1. The third-order valence-electron chi connectivity index (χ3n) is 4.08. The lowest BCUT2D eigenvalue weighted by Gasteiger charge is -2.33. The molecule has 0 bridgehead atoms. The predicted molar refractivity (Wildman–Crippen MR) is 91.3 cm³/mol. The van der Waals surface area contributed by atoms with Crippen molar-refractivity contribution in [2.45, 2.75) is 39.2 Å². The van der Waals surface area contributed by atoms with E-state index in [1.54, 1.807) is 0 Å². The van der Waals surface area contributed by atoms with E-state index < -0.39 is 5.60 Å². The Kier molecular flexibility index (Phi) is 4.93. The molecule has 2 rings (SSSR count). The van der Waals surface area contributed by atoms with Gasteiger partial charge in [-0.05, 0) is 46.6 Å². The second-order valence-electron chi connectivity index (χ2n) is 6.02. The predicted octanol–water partition coefficient (Wildman–Crippen LogP) is 4.32. The summed E-state index contributed by atoms with van der Waals surface area (Å²) in [7, 11) is 3.03. The molecule has 1 atom stereocenters. The first-order valence-electron chi connectivity index (χ1n) is 7.61. The molecular formula is C19H24O4. The summed E-state index contributed by atoms with van der Waals surface area (Å²) >= 11 is 0.